The second-order valence-corrected chi connectivity index (χ2v) is 9.08. The number of likely N-dealkylation sites (tertiary alicyclic amines) is 1. The minimum absolute atomic E-state index is 0.176. The molecule has 2 aromatic heterocycles. The number of anilines is 1. The maximum absolute atomic E-state index is 13.1. The van der Waals surface area contributed by atoms with E-state index >= 15 is 0 Å². The van der Waals surface area contributed by atoms with Crippen molar-refractivity contribution in [1.82, 2.24) is 14.9 Å². The van der Waals surface area contributed by atoms with Crippen LogP contribution in [0.3, 0.4) is 0 Å². The summed E-state index contributed by atoms with van der Waals surface area (Å²) in [6.45, 7) is 10.5. The van der Waals surface area contributed by atoms with Gasteiger partial charge >= 0.3 is 0 Å². The Labute approximate surface area is 159 Å². The van der Waals surface area contributed by atoms with Gasteiger partial charge in [-0.15, -0.1) is 11.3 Å². The summed E-state index contributed by atoms with van der Waals surface area (Å²) in [5.41, 5.74) is 1.06. The first-order valence-corrected chi connectivity index (χ1v) is 10.6. The fourth-order valence-electron chi connectivity index (χ4n) is 4.07. The Morgan fingerprint density at radius 3 is 2.31 bits per heavy atom. The highest BCUT2D eigenvalue weighted by molar-refractivity contribution is 7.20. The molecule has 2 fully saturated rings. The number of hydrogen-bond donors (Lipinski definition) is 0. The van der Waals surface area contributed by atoms with Gasteiger partial charge in [0, 0.05) is 26.2 Å². The highest BCUT2D eigenvalue weighted by atomic mass is 32.1. The van der Waals surface area contributed by atoms with E-state index in [0.29, 0.717) is 0 Å². The Bertz CT molecular complexity index is 801. The van der Waals surface area contributed by atoms with Gasteiger partial charge in [0.15, 0.2) is 0 Å². The topological polar surface area (TPSA) is 49.3 Å². The van der Waals surface area contributed by atoms with Gasteiger partial charge in [0.25, 0.3) is 5.91 Å². The largest absolute Gasteiger partial charge is 0.356 e. The lowest BCUT2D eigenvalue weighted by Gasteiger charge is -2.31. The summed E-state index contributed by atoms with van der Waals surface area (Å²) >= 11 is 1.54. The second kappa shape index (κ2) is 7.14. The molecule has 0 spiro atoms. The second-order valence-electron chi connectivity index (χ2n) is 8.08. The highest BCUT2D eigenvalue weighted by Gasteiger charge is 2.27. The molecule has 0 radical (unpaired) electrons. The van der Waals surface area contributed by atoms with E-state index in [0.717, 1.165) is 77.3 Å². The van der Waals surface area contributed by atoms with E-state index in [-0.39, 0.29) is 5.91 Å². The van der Waals surface area contributed by atoms with Crippen molar-refractivity contribution in [3.05, 3.63) is 16.8 Å². The molecule has 0 unspecified atom stereocenters. The molecule has 0 aliphatic carbocycles. The Hall–Kier alpha value is -1.69. The molecule has 5 nitrogen and oxygen atoms in total. The van der Waals surface area contributed by atoms with Crippen LogP contribution in [0.4, 0.5) is 5.82 Å². The molecule has 0 aromatic carbocycles. The monoisotopic (exact) mass is 372 g/mol. The zero-order chi connectivity index (χ0) is 18.3. The normalized spacial score (nSPS) is 20.1. The van der Waals surface area contributed by atoms with Gasteiger partial charge in [-0.1, -0.05) is 13.8 Å². The molecule has 2 aromatic rings. The molecule has 0 atom stereocenters. The quantitative estimate of drug-likeness (QED) is 0.796. The number of amides is 1. The average Bonchev–Trinajstić information content (AvgIpc) is 2.99. The van der Waals surface area contributed by atoms with E-state index in [2.05, 4.69) is 35.6 Å². The first-order valence-electron chi connectivity index (χ1n) is 9.83. The number of nitrogens with zero attached hydrogens (tertiary/aromatic N) is 4. The van der Waals surface area contributed by atoms with Gasteiger partial charge < -0.3 is 9.80 Å². The van der Waals surface area contributed by atoms with Crippen LogP contribution in [0.15, 0.2) is 6.33 Å². The summed E-state index contributed by atoms with van der Waals surface area (Å²) in [5, 5.41) is 1.08. The number of aromatic nitrogens is 2. The van der Waals surface area contributed by atoms with E-state index in [4.69, 9.17) is 0 Å². The van der Waals surface area contributed by atoms with Gasteiger partial charge in [-0.2, -0.15) is 0 Å². The molecular formula is C20H28N4OS. The van der Waals surface area contributed by atoms with Crippen molar-refractivity contribution in [3.63, 3.8) is 0 Å². The molecule has 26 heavy (non-hydrogen) atoms. The van der Waals surface area contributed by atoms with Crippen LogP contribution >= 0.6 is 11.3 Å². The first-order chi connectivity index (χ1) is 12.5. The summed E-state index contributed by atoms with van der Waals surface area (Å²) in [6, 6.07) is 0. The van der Waals surface area contributed by atoms with Crippen LogP contribution < -0.4 is 4.90 Å². The van der Waals surface area contributed by atoms with Gasteiger partial charge in [0.05, 0.1) is 10.3 Å². The van der Waals surface area contributed by atoms with E-state index in [9.17, 15) is 4.79 Å². The molecule has 6 heteroatoms. The lowest BCUT2D eigenvalue weighted by Crippen LogP contribution is -2.37. The van der Waals surface area contributed by atoms with Crippen LogP contribution in [0.2, 0.25) is 0 Å². The van der Waals surface area contributed by atoms with Crippen LogP contribution in [-0.2, 0) is 0 Å². The predicted octanol–water partition coefficient (Wildman–Crippen LogP) is 4.11. The number of thiophene rings is 1. The molecule has 0 N–H and O–H groups in total. The molecule has 2 aliphatic heterocycles. The fourth-order valence-corrected chi connectivity index (χ4v) is 5.18. The van der Waals surface area contributed by atoms with Crippen molar-refractivity contribution >= 4 is 33.3 Å². The summed E-state index contributed by atoms with van der Waals surface area (Å²) in [4.78, 5) is 28.4. The smallest absolute Gasteiger partial charge is 0.264 e. The number of rotatable bonds is 2. The van der Waals surface area contributed by atoms with Crippen molar-refractivity contribution in [3.8, 4) is 0 Å². The van der Waals surface area contributed by atoms with Gasteiger partial charge in [0.2, 0.25) is 0 Å². The lowest BCUT2D eigenvalue weighted by atomic mass is 9.98. The number of aryl methyl sites for hydroxylation is 1. The minimum Gasteiger partial charge on any atom is -0.356 e. The van der Waals surface area contributed by atoms with E-state index < -0.39 is 0 Å². The summed E-state index contributed by atoms with van der Waals surface area (Å²) in [7, 11) is 0. The molecule has 140 valence electrons. The number of hydrogen-bond acceptors (Lipinski definition) is 5. The SMILES string of the molecule is Cc1c(C(=O)N2CCC(C)CC2)sc2ncnc(N3CCC(C)CC3)c12. The molecule has 0 bridgehead atoms. The van der Waals surface area contributed by atoms with Crippen LogP contribution in [0.1, 0.15) is 54.8 Å². The zero-order valence-corrected chi connectivity index (χ0v) is 16.8. The summed E-state index contributed by atoms with van der Waals surface area (Å²) < 4.78 is 0. The molecule has 2 saturated heterocycles. The maximum Gasteiger partial charge on any atom is 0.264 e. The first kappa shape index (κ1) is 17.7. The predicted molar refractivity (Wildman–Crippen MR) is 107 cm³/mol. The Kier molecular flexibility index (Phi) is 4.86. The van der Waals surface area contributed by atoms with Gasteiger partial charge in [0.1, 0.15) is 17.0 Å². The van der Waals surface area contributed by atoms with Crippen LogP contribution in [0.25, 0.3) is 10.2 Å². The average molecular weight is 373 g/mol. The Balaban J connectivity index is 1.66. The minimum atomic E-state index is 0.176. The maximum atomic E-state index is 13.1. The summed E-state index contributed by atoms with van der Waals surface area (Å²) in [5.74, 6) is 2.70. The van der Waals surface area contributed by atoms with Crippen molar-refractivity contribution < 1.29 is 4.79 Å². The standard InChI is InChI=1S/C20H28N4OS/c1-13-4-8-23(9-5-13)18-16-15(3)17(26-19(16)22-12-21-18)20(25)24-10-6-14(2)7-11-24/h12-14H,4-11H2,1-3H3. The van der Waals surface area contributed by atoms with Crippen molar-refractivity contribution in [2.24, 2.45) is 11.8 Å². The Morgan fingerprint density at radius 1 is 1.04 bits per heavy atom. The van der Waals surface area contributed by atoms with Crippen LogP contribution in [0, 0.1) is 18.8 Å². The van der Waals surface area contributed by atoms with E-state index in [1.165, 1.54) is 24.2 Å². The number of piperidine rings is 2. The van der Waals surface area contributed by atoms with E-state index in [1.54, 1.807) is 6.33 Å². The number of carbonyl (C=O) groups excluding carboxylic acids is 1. The molecule has 1 amide bonds. The van der Waals surface area contributed by atoms with E-state index in [1.807, 2.05) is 4.90 Å². The molecule has 4 rings (SSSR count). The third-order valence-electron chi connectivity index (χ3n) is 6.06. The fraction of sp³-hybridized carbons (Fsp3) is 0.650. The molecular weight excluding hydrogens is 344 g/mol. The number of carbonyl (C=O) groups is 1. The molecule has 4 heterocycles. The van der Waals surface area contributed by atoms with Crippen molar-refractivity contribution in [2.75, 3.05) is 31.1 Å². The van der Waals surface area contributed by atoms with Gasteiger partial charge in [-0.3, -0.25) is 4.79 Å². The van der Waals surface area contributed by atoms with Crippen LogP contribution in [0.5, 0.6) is 0 Å². The zero-order valence-electron chi connectivity index (χ0n) is 16.0. The third kappa shape index (κ3) is 3.20. The van der Waals surface area contributed by atoms with Gasteiger partial charge in [-0.25, -0.2) is 9.97 Å². The molecule has 0 saturated carbocycles. The summed E-state index contributed by atoms with van der Waals surface area (Å²) in [6.07, 6.45) is 6.26. The van der Waals surface area contributed by atoms with Crippen molar-refractivity contribution in [2.45, 2.75) is 46.5 Å². The molecule has 2 aliphatic rings. The van der Waals surface area contributed by atoms with Crippen LogP contribution in [-0.4, -0.2) is 47.0 Å². The third-order valence-corrected chi connectivity index (χ3v) is 7.24. The number of fused-ring (bicyclic) bond motifs is 1. The lowest BCUT2D eigenvalue weighted by molar-refractivity contribution is 0.0701. The Morgan fingerprint density at radius 2 is 1.65 bits per heavy atom. The highest BCUT2D eigenvalue weighted by Crippen LogP contribution is 2.37. The van der Waals surface area contributed by atoms with Crippen molar-refractivity contribution in [1.29, 1.82) is 0 Å². The van der Waals surface area contributed by atoms with Gasteiger partial charge in [-0.05, 0) is 50.0 Å².